The van der Waals surface area contributed by atoms with E-state index in [1.807, 2.05) is 12.1 Å². The van der Waals surface area contributed by atoms with Gasteiger partial charge in [-0.3, -0.25) is 0 Å². The van der Waals surface area contributed by atoms with Gasteiger partial charge in [-0.15, -0.1) is 0 Å². The topological polar surface area (TPSA) is 40.5 Å². The fraction of sp³-hybridized carbons (Fsp3) is 0.538. The third kappa shape index (κ3) is 4.54. The SMILES string of the molecule is CCCC(c1ccc(O)c(C(C)(C)CC)c1)c1ccc(O)c(C(C)(C)CC)c1. The molecule has 0 aliphatic heterocycles. The molecule has 2 rings (SSSR count). The first-order chi connectivity index (χ1) is 13.1. The van der Waals surface area contributed by atoms with Crippen molar-refractivity contribution >= 4 is 0 Å². The van der Waals surface area contributed by atoms with Crippen molar-refractivity contribution in [2.24, 2.45) is 0 Å². The summed E-state index contributed by atoms with van der Waals surface area (Å²) in [7, 11) is 0. The first-order valence-electron chi connectivity index (χ1n) is 10.7. The summed E-state index contributed by atoms with van der Waals surface area (Å²) in [4.78, 5) is 0. The molecule has 2 aromatic rings. The number of rotatable bonds is 8. The number of hydrogen-bond donors (Lipinski definition) is 2. The number of aromatic hydroxyl groups is 2. The largest absolute Gasteiger partial charge is 0.508 e. The minimum atomic E-state index is -0.0683. The van der Waals surface area contributed by atoms with Gasteiger partial charge in [0.25, 0.3) is 0 Å². The van der Waals surface area contributed by atoms with Crippen molar-refractivity contribution in [1.82, 2.24) is 0 Å². The zero-order chi connectivity index (χ0) is 21.1. The molecule has 0 atom stereocenters. The molecular formula is C26H38O2. The van der Waals surface area contributed by atoms with Crippen LogP contribution in [-0.4, -0.2) is 10.2 Å². The van der Waals surface area contributed by atoms with Crippen LogP contribution >= 0.6 is 0 Å². The van der Waals surface area contributed by atoms with Crippen LogP contribution < -0.4 is 0 Å². The average Bonchev–Trinajstić information content (AvgIpc) is 2.67. The van der Waals surface area contributed by atoms with Gasteiger partial charge in [0.2, 0.25) is 0 Å². The lowest BCUT2D eigenvalue weighted by molar-refractivity contribution is 0.427. The lowest BCUT2D eigenvalue weighted by Gasteiger charge is -2.28. The maximum Gasteiger partial charge on any atom is 0.119 e. The smallest absolute Gasteiger partial charge is 0.119 e. The van der Waals surface area contributed by atoms with Crippen molar-refractivity contribution in [3.63, 3.8) is 0 Å². The van der Waals surface area contributed by atoms with Crippen molar-refractivity contribution in [2.75, 3.05) is 0 Å². The van der Waals surface area contributed by atoms with Crippen molar-refractivity contribution in [3.8, 4) is 11.5 Å². The number of phenols is 2. The predicted octanol–water partition coefficient (Wildman–Crippen LogP) is 7.41. The quantitative estimate of drug-likeness (QED) is 0.499. The minimum absolute atomic E-state index is 0.0683. The van der Waals surface area contributed by atoms with E-state index in [2.05, 4.69) is 72.7 Å². The second kappa shape index (κ2) is 8.59. The molecule has 154 valence electrons. The Bertz CT molecular complexity index is 737. The summed E-state index contributed by atoms with van der Waals surface area (Å²) in [5.41, 5.74) is 4.37. The predicted molar refractivity (Wildman–Crippen MR) is 120 cm³/mol. The molecule has 2 nitrogen and oxygen atoms in total. The number of phenolic OH excluding ortho intramolecular Hbond substituents is 2. The van der Waals surface area contributed by atoms with Gasteiger partial charge in [0.05, 0.1) is 0 Å². The Hall–Kier alpha value is -1.96. The molecule has 0 aliphatic carbocycles. The maximum absolute atomic E-state index is 10.5. The Kier molecular flexibility index (Phi) is 6.85. The monoisotopic (exact) mass is 382 g/mol. The van der Waals surface area contributed by atoms with Crippen molar-refractivity contribution in [3.05, 3.63) is 58.7 Å². The third-order valence-electron chi connectivity index (χ3n) is 6.65. The van der Waals surface area contributed by atoms with Gasteiger partial charge >= 0.3 is 0 Å². The molecule has 2 heteroatoms. The van der Waals surface area contributed by atoms with E-state index in [4.69, 9.17) is 0 Å². The molecule has 2 N–H and O–H groups in total. The molecule has 0 aromatic heterocycles. The Balaban J connectivity index is 2.59. The standard InChI is InChI=1S/C26H38O2/c1-8-11-20(18-12-14-23(27)21(16-18)25(4,5)9-2)19-13-15-24(28)22(17-19)26(6,7)10-3/h12-17,20,27-28H,8-11H2,1-7H3. The third-order valence-corrected chi connectivity index (χ3v) is 6.65. The van der Waals surface area contributed by atoms with E-state index in [1.165, 1.54) is 11.1 Å². The molecule has 0 bridgehead atoms. The molecule has 0 fully saturated rings. The van der Waals surface area contributed by atoms with Gasteiger partial charge in [0, 0.05) is 5.92 Å². The molecule has 0 amide bonds. The average molecular weight is 383 g/mol. The molecule has 0 unspecified atom stereocenters. The Morgan fingerprint density at radius 2 is 1.11 bits per heavy atom. The van der Waals surface area contributed by atoms with Crippen molar-refractivity contribution < 1.29 is 10.2 Å². The van der Waals surface area contributed by atoms with Gasteiger partial charge in [0.1, 0.15) is 11.5 Å². The van der Waals surface area contributed by atoms with E-state index in [0.29, 0.717) is 11.5 Å². The minimum Gasteiger partial charge on any atom is -0.508 e. The van der Waals surface area contributed by atoms with Gasteiger partial charge in [-0.05, 0) is 64.5 Å². The van der Waals surface area contributed by atoms with Crippen LogP contribution in [0.5, 0.6) is 11.5 Å². The van der Waals surface area contributed by atoms with Crippen LogP contribution in [0.3, 0.4) is 0 Å². The highest BCUT2D eigenvalue weighted by atomic mass is 16.3. The fourth-order valence-electron chi connectivity index (χ4n) is 3.82. The molecular weight excluding hydrogens is 344 g/mol. The first kappa shape index (κ1) is 22.3. The van der Waals surface area contributed by atoms with Gasteiger partial charge in [-0.1, -0.05) is 79.2 Å². The number of hydrogen-bond acceptors (Lipinski definition) is 2. The highest BCUT2D eigenvalue weighted by molar-refractivity contribution is 5.47. The van der Waals surface area contributed by atoms with Gasteiger partial charge < -0.3 is 10.2 Å². The summed E-state index contributed by atoms with van der Waals surface area (Å²) in [5, 5.41) is 20.9. The second-order valence-corrected chi connectivity index (χ2v) is 9.37. The van der Waals surface area contributed by atoms with E-state index in [-0.39, 0.29) is 16.7 Å². The van der Waals surface area contributed by atoms with Crippen LogP contribution in [-0.2, 0) is 10.8 Å². The van der Waals surface area contributed by atoms with E-state index >= 15 is 0 Å². The first-order valence-corrected chi connectivity index (χ1v) is 10.7. The Labute approximate surface area is 171 Å². The van der Waals surface area contributed by atoms with Crippen molar-refractivity contribution in [2.45, 2.75) is 90.9 Å². The Morgan fingerprint density at radius 3 is 1.43 bits per heavy atom. The normalized spacial score (nSPS) is 12.6. The highest BCUT2D eigenvalue weighted by Gasteiger charge is 2.26. The van der Waals surface area contributed by atoms with Gasteiger partial charge in [-0.25, -0.2) is 0 Å². The zero-order valence-corrected chi connectivity index (χ0v) is 18.8. The molecule has 28 heavy (non-hydrogen) atoms. The fourth-order valence-corrected chi connectivity index (χ4v) is 3.82. The zero-order valence-electron chi connectivity index (χ0n) is 18.8. The Morgan fingerprint density at radius 1 is 0.714 bits per heavy atom. The molecule has 0 saturated heterocycles. The molecule has 0 saturated carbocycles. The van der Waals surface area contributed by atoms with Crippen LogP contribution in [0.15, 0.2) is 36.4 Å². The molecule has 0 heterocycles. The summed E-state index contributed by atoms with van der Waals surface area (Å²) in [6, 6.07) is 12.2. The highest BCUT2D eigenvalue weighted by Crippen LogP contribution is 2.41. The van der Waals surface area contributed by atoms with Crippen LogP contribution in [0, 0.1) is 0 Å². The van der Waals surface area contributed by atoms with E-state index in [9.17, 15) is 10.2 Å². The van der Waals surface area contributed by atoms with E-state index in [1.54, 1.807) is 0 Å². The molecule has 2 aromatic carbocycles. The summed E-state index contributed by atoms with van der Waals surface area (Å²) in [6.45, 7) is 15.3. The summed E-state index contributed by atoms with van der Waals surface area (Å²) in [6.07, 6.45) is 4.05. The van der Waals surface area contributed by atoms with Crippen LogP contribution in [0.4, 0.5) is 0 Å². The number of benzene rings is 2. The van der Waals surface area contributed by atoms with Gasteiger partial charge in [0.15, 0.2) is 0 Å². The van der Waals surface area contributed by atoms with Crippen LogP contribution in [0.1, 0.15) is 102 Å². The van der Waals surface area contributed by atoms with E-state index < -0.39 is 0 Å². The second-order valence-electron chi connectivity index (χ2n) is 9.37. The van der Waals surface area contributed by atoms with Gasteiger partial charge in [-0.2, -0.15) is 0 Å². The molecule has 0 spiro atoms. The molecule has 0 radical (unpaired) electrons. The summed E-state index contributed by atoms with van der Waals surface area (Å²) in [5.74, 6) is 1.01. The summed E-state index contributed by atoms with van der Waals surface area (Å²) < 4.78 is 0. The lowest BCUT2D eigenvalue weighted by atomic mass is 9.77. The molecule has 0 aliphatic rings. The van der Waals surface area contributed by atoms with Crippen LogP contribution in [0.2, 0.25) is 0 Å². The van der Waals surface area contributed by atoms with E-state index in [0.717, 1.165) is 36.8 Å². The van der Waals surface area contributed by atoms with Crippen LogP contribution in [0.25, 0.3) is 0 Å². The van der Waals surface area contributed by atoms with Crippen molar-refractivity contribution in [1.29, 1.82) is 0 Å². The summed E-state index contributed by atoms with van der Waals surface area (Å²) >= 11 is 0. The maximum atomic E-state index is 10.5. The lowest BCUT2D eigenvalue weighted by Crippen LogP contribution is -2.17.